The summed E-state index contributed by atoms with van der Waals surface area (Å²) < 4.78 is 56.1. The van der Waals surface area contributed by atoms with Crippen LogP contribution in [0.2, 0.25) is 0 Å². The van der Waals surface area contributed by atoms with Crippen molar-refractivity contribution >= 4 is 37.4 Å². The molecule has 0 radical (unpaired) electrons. The molecular weight excluding hydrogens is 468 g/mol. The fraction of sp³-hybridized carbons (Fsp3) is 0.364. The first-order valence-corrected chi connectivity index (χ1v) is 13.7. The lowest BCUT2D eigenvalue weighted by atomic mass is 10.2. The number of likely N-dealkylation sites (N-methyl/N-ethyl adjacent to an activating group) is 1. The minimum atomic E-state index is -3.84. The van der Waals surface area contributed by atoms with Crippen LogP contribution in [0.5, 0.6) is 0 Å². The second-order valence-electron chi connectivity index (χ2n) is 7.81. The third-order valence-electron chi connectivity index (χ3n) is 5.32. The summed E-state index contributed by atoms with van der Waals surface area (Å²) in [7, 11) is -7.00. The lowest BCUT2D eigenvalue weighted by Gasteiger charge is -2.26. The van der Waals surface area contributed by atoms with Gasteiger partial charge in [0.15, 0.2) is 16.4 Å². The number of amides is 1. The van der Waals surface area contributed by atoms with Gasteiger partial charge in [-0.15, -0.1) is 0 Å². The molecule has 3 rings (SSSR count). The molecule has 0 aromatic heterocycles. The van der Waals surface area contributed by atoms with Gasteiger partial charge in [0.05, 0.1) is 22.0 Å². The maximum atomic E-state index is 12.6. The summed E-state index contributed by atoms with van der Waals surface area (Å²) in [4.78, 5) is 26.4. The Balaban J connectivity index is 1.63. The number of rotatable bonds is 8. The van der Waals surface area contributed by atoms with Crippen LogP contribution in [0.4, 0.5) is 5.69 Å². The number of esters is 1. The first-order valence-electron chi connectivity index (χ1n) is 10.4. The predicted octanol–water partition coefficient (Wildman–Crippen LogP) is 1.99. The Labute approximate surface area is 193 Å². The monoisotopic (exact) mass is 494 g/mol. The number of sulfonamides is 1. The minimum Gasteiger partial charge on any atom is -0.452 e. The number of ether oxygens (including phenoxy) is 1. The third kappa shape index (κ3) is 6.32. The molecule has 1 N–H and O–H groups in total. The fourth-order valence-corrected chi connectivity index (χ4v) is 6.37. The van der Waals surface area contributed by atoms with Gasteiger partial charge in [0.25, 0.3) is 15.9 Å². The molecule has 1 unspecified atom stereocenters. The van der Waals surface area contributed by atoms with E-state index in [2.05, 4.69) is 4.72 Å². The first kappa shape index (κ1) is 24.7. The van der Waals surface area contributed by atoms with Crippen LogP contribution in [0.3, 0.4) is 0 Å². The van der Waals surface area contributed by atoms with Crippen LogP contribution in [0.25, 0.3) is 0 Å². The Morgan fingerprint density at radius 2 is 1.85 bits per heavy atom. The molecule has 1 fully saturated rings. The number of nitrogens with one attached hydrogen (secondary N) is 1. The van der Waals surface area contributed by atoms with Crippen molar-refractivity contribution in [2.75, 3.05) is 29.4 Å². The molecule has 178 valence electrons. The van der Waals surface area contributed by atoms with E-state index in [-0.39, 0.29) is 27.7 Å². The van der Waals surface area contributed by atoms with E-state index in [1.165, 1.54) is 41.3 Å². The lowest BCUT2D eigenvalue weighted by Crippen LogP contribution is -2.43. The van der Waals surface area contributed by atoms with Crippen molar-refractivity contribution in [3.05, 3.63) is 59.7 Å². The second kappa shape index (κ2) is 9.92. The van der Waals surface area contributed by atoms with Crippen LogP contribution in [-0.4, -0.2) is 64.3 Å². The molecule has 1 heterocycles. The summed E-state index contributed by atoms with van der Waals surface area (Å²) in [6.07, 6.45) is 0.360. The van der Waals surface area contributed by atoms with Crippen molar-refractivity contribution in [3.8, 4) is 0 Å². The molecule has 1 aliphatic heterocycles. The zero-order valence-electron chi connectivity index (χ0n) is 18.4. The molecule has 0 aliphatic carbocycles. The van der Waals surface area contributed by atoms with Crippen LogP contribution < -0.4 is 4.72 Å². The van der Waals surface area contributed by atoms with Crippen LogP contribution in [0.15, 0.2) is 53.4 Å². The van der Waals surface area contributed by atoms with E-state index in [0.717, 1.165) is 5.56 Å². The summed E-state index contributed by atoms with van der Waals surface area (Å²) in [5.41, 5.74) is 1.16. The predicted molar refractivity (Wildman–Crippen MR) is 123 cm³/mol. The van der Waals surface area contributed by atoms with E-state index in [0.29, 0.717) is 13.0 Å². The molecule has 2 aromatic carbocycles. The number of anilines is 1. The fourth-order valence-electron chi connectivity index (χ4n) is 3.59. The Morgan fingerprint density at radius 1 is 1.15 bits per heavy atom. The molecule has 1 saturated heterocycles. The van der Waals surface area contributed by atoms with E-state index in [1.807, 2.05) is 6.92 Å². The highest BCUT2D eigenvalue weighted by molar-refractivity contribution is 7.92. The maximum absolute atomic E-state index is 12.6. The van der Waals surface area contributed by atoms with Gasteiger partial charge in [0.2, 0.25) is 0 Å². The molecule has 1 aliphatic rings. The van der Waals surface area contributed by atoms with E-state index in [9.17, 15) is 26.4 Å². The number of carbonyl (C=O) groups is 2. The molecule has 1 amide bonds. The Bertz CT molecular complexity index is 1240. The highest BCUT2D eigenvalue weighted by Crippen LogP contribution is 2.20. The molecule has 0 spiro atoms. The zero-order chi connectivity index (χ0) is 24.2. The van der Waals surface area contributed by atoms with Crippen molar-refractivity contribution in [1.82, 2.24) is 4.90 Å². The van der Waals surface area contributed by atoms with Gasteiger partial charge in [-0.25, -0.2) is 21.6 Å². The normalized spacial score (nSPS) is 17.3. The number of benzene rings is 2. The van der Waals surface area contributed by atoms with Crippen molar-refractivity contribution in [2.45, 2.75) is 31.2 Å². The van der Waals surface area contributed by atoms with Gasteiger partial charge in [0.1, 0.15) is 0 Å². The van der Waals surface area contributed by atoms with Crippen LogP contribution in [0.1, 0.15) is 29.3 Å². The van der Waals surface area contributed by atoms with Crippen LogP contribution in [0, 0.1) is 6.92 Å². The van der Waals surface area contributed by atoms with Gasteiger partial charge in [-0.05, 0) is 50.6 Å². The number of sulfone groups is 1. The topological polar surface area (TPSA) is 127 Å². The smallest absolute Gasteiger partial charge is 0.338 e. The Hall–Kier alpha value is -2.92. The number of aryl methyl sites for hydroxylation is 1. The SMILES string of the molecule is CCN(C(=O)COC(=O)c1cccc(NS(=O)(=O)c2ccc(C)cc2)c1)C1CCS(=O)(=O)C1. The van der Waals surface area contributed by atoms with Crippen molar-refractivity contribution in [1.29, 1.82) is 0 Å². The van der Waals surface area contributed by atoms with Gasteiger partial charge in [-0.1, -0.05) is 23.8 Å². The van der Waals surface area contributed by atoms with Crippen molar-refractivity contribution in [2.24, 2.45) is 0 Å². The Kier molecular flexibility index (Phi) is 7.43. The van der Waals surface area contributed by atoms with Gasteiger partial charge >= 0.3 is 5.97 Å². The quantitative estimate of drug-likeness (QED) is 0.556. The summed E-state index contributed by atoms with van der Waals surface area (Å²) in [6.45, 7) is 3.34. The first-order chi connectivity index (χ1) is 15.5. The average molecular weight is 495 g/mol. The van der Waals surface area contributed by atoms with Crippen molar-refractivity contribution in [3.63, 3.8) is 0 Å². The van der Waals surface area contributed by atoms with Gasteiger partial charge in [-0.3, -0.25) is 9.52 Å². The number of carbonyl (C=O) groups excluding carboxylic acids is 2. The molecule has 1 atom stereocenters. The molecule has 11 heteroatoms. The van der Waals surface area contributed by atoms with Crippen LogP contribution in [-0.2, 0) is 29.4 Å². The van der Waals surface area contributed by atoms with Crippen molar-refractivity contribution < 1.29 is 31.2 Å². The number of nitrogens with zero attached hydrogens (tertiary/aromatic N) is 1. The lowest BCUT2D eigenvalue weighted by molar-refractivity contribution is -0.136. The second-order valence-corrected chi connectivity index (χ2v) is 11.7. The standard InChI is InChI=1S/C22H26N2O7S2/c1-3-24(19-11-12-32(27,28)15-19)21(25)14-31-22(26)17-5-4-6-18(13-17)23-33(29,30)20-9-7-16(2)8-10-20/h4-10,13,19,23H,3,11-12,14-15H2,1-2H3. The summed E-state index contributed by atoms with van der Waals surface area (Å²) >= 11 is 0. The van der Waals surface area contributed by atoms with Gasteiger partial charge < -0.3 is 9.64 Å². The molecule has 9 nitrogen and oxygen atoms in total. The average Bonchev–Trinajstić information content (AvgIpc) is 3.12. The summed E-state index contributed by atoms with van der Waals surface area (Å²) in [5, 5.41) is 0. The zero-order valence-corrected chi connectivity index (χ0v) is 20.0. The Morgan fingerprint density at radius 3 is 2.45 bits per heavy atom. The summed E-state index contributed by atoms with van der Waals surface area (Å²) in [6, 6.07) is 11.6. The van der Waals surface area contributed by atoms with E-state index in [1.54, 1.807) is 19.1 Å². The molecule has 0 bridgehead atoms. The van der Waals surface area contributed by atoms with E-state index >= 15 is 0 Å². The van der Waals surface area contributed by atoms with E-state index < -0.39 is 44.4 Å². The largest absolute Gasteiger partial charge is 0.452 e. The van der Waals surface area contributed by atoms with Crippen LogP contribution >= 0.6 is 0 Å². The highest BCUT2D eigenvalue weighted by atomic mass is 32.2. The molecule has 0 saturated carbocycles. The third-order valence-corrected chi connectivity index (χ3v) is 8.47. The minimum absolute atomic E-state index is 0.0342. The maximum Gasteiger partial charge on any atom is 0.338 e. The molecule has 33 heavy (non-hydrogen) atoms. The van der Waals surface area contributed by atoms with Gasteiger partial charge in [0, 0.05) is 18.3 Å². The summed E-state index contributed by atoms with van der Waals surface area (Å²) in [5.74, 6) is -1.34. The highest BCUT2D eigenvalue weighted by Gasteiger charge is 2.34. The molecule has 2 aromatic rings. The number of hydrogen-bond acceptors (Lipinski definition) is 7. The van der Waals surface area contributed by atoms with E-state index in [4.69, 9.17) is 4.74 Å². The molecular formula is C22H26N2O7S2. The van der Waals surface area contributed by atoms with Gasteiger partial charge in [-0.2, -0.15) is 0 Å². The number of hydrogen-bond donors (Lipinski definition) is 1.